The van der Waals surface area contributed by atoms with Crippen molar-refractivity contribution in [3.05, 3.63) is 76.2 Å². The summed E-state index contributed by atoms with van der Waals surface area (Å²) in [4.78, 5) is 13.6. The van der Waals surface area contributed by atoms with Crippen molar-refractivity contribution in [1.82, 2.24) is 15.2 Å². The highest BCUT2D eigenvalue weighted by Gasteiger charge is 2.05. The molecule has 0 aliphatic heterocycles. The fourth-order valence-electron chi connectivity index (χ4n) is 2.34. The van der Waals surface area contributed by atoms with Crippen molar-refractivity contribution in [2.75, 3.05) is 19.1 Å². The standard InChI is InChI=1S/C19H19N5O3/c1-26-17-11-15(12-20-23-19-22-18(25)13-21-24-19)7-8-16(17)27-10-9-14-5-3-2-4-6-14/h2-8,11-13H,9-10H2,1H3,(H2,22,23,24,25)/b20-12+. The molecule has 3 aromatic rings. The summed E-state index contributed by atoms with van der Waals surface area (Å²) in [6.07, 6.45) is 3.47. The number of hydrazone groups is 1. The highest BCUT2D eigenvalue weighted by Crippen LogP contribution is 2.27. The molecule has 8 heteroatoms. The first-order valence-corrected chi connectivity index (χ1v) is 8.30. The molecule has 0 fully saturated rings. The van der Waals surface area contributed by atoms with Crippen LogP contribution in [-0.4, -0.2) is 35.1 Å². The van der Waals surface area contributed by atoms with Gasteiger partial charge in [0.15, 0.2) is 11.5 Å². The number of hydrogen-bond donors (Lipinski definition) is 2. The summed E-state index contributed by atoms with van der Waals surface area (Å²) >= 11 is 0. The highest BCUT2D eigenvalue weighted by molar-refractivity contribution is 5.81. The molecule has 0 amide bonds. The number of aromatic amines is 1. The number of methoxy groups -OCH3 is 1. The lowest BCUT2D eigenvalue weighted by Crippen LogP contribution is -2.10. The van der Waals surface area contributed by atoms with Crippen LogP contribution in [0.15, 0.2) is 64.6 Å². The van der Waals surface area contributed by atoms with Gasteiger partial charge in [-0.1, -0.05) is 30.3 Å². The average Bonchev–Trinajstić information content (AvgIpc) is 2.70. The Morgan fingerprint density at radius 1 is 1.19 bits per heavy atom. The third-order valence-electron chi connectivity index (χ3n) is 3.64. The zero-order valence-electron chi connectivity index (χ0n) is 14.8. The Morgan fingerprint density at radius 3 is 2.81 bits per heavy atom. The molecule has 2 N–H and O–H groups in total. The van der Waals surface area contributed by atoms with Crippen LogP contribution in [-0.2, 0) is 6.42 Å². The molecule has 0 aliphatic carbocycles. The number of nitrogens with one attached hydrogen (secondary N) is 2. The minimum Gasteiger partial charge on any atom is -0.493 e. The van der Waals surface area contributed by atoms with E-state index in [0.29, 0.717) is 18.1 Å². The first kappa shape index (κ1) is 18.1. The topological polar surface area (TPSA) is 101 Å². The van der Waals surface area contributed by atoms with Crippen molar-refractivity contribution in [2.45, 2.75) is 6.42 Å². The first-order chi connectivity index (χ1) is 13.2. The molecule has 0 radical (unpaired) electrons. The Hall–Kier alpha value is -3.68. The van der Waals surface area contributed by atoms with Crippen LogP contribution >= 0.6 is 0 Å². The average molecular weight is 365 g/mol. The molecule has 0 spiro atoms. The largest absolute Gasteiger partial charge is 0.493 e. The zero-order valence-corrected chi connectivity index (χ0v) is 14.8. The molecule has 1 aromatic heterocycles. The maximum Gasteiger partial charge on any atom is 0.271 e. The molecule has 3 rings (SSSR count). The number of anilines is 1. The molecule has 0 saturated heterocycles. The third kappa shape index (κ3) is 5.40. The van der Waals surface area contributed by atoms with Gasteiger partial charge in [0.25, 0.3) is 5.56 Å². The maximum absolute atomic E-state index is 11.1. The van der Waals surface area contributed by atoms with Crippen LogP contribution in [0.25, 0.3) is 0 Å². The Morgan fingerprint density at radius 2 is 2.04 bits per heavy atom. The van der Waals surface area contributed by atoms with E-state index in [-0.39, 0.29) is 11.5 Å². The molecule has 0 bridgehead atoms. The van der Waals surface area contributed by atoms with Crippen LogP contribution in [0.5, 0.6) is 11.5 Å². The molecule has 27 heavy (non-hydrogen) atoms. The van der Waals surface area contributed by atoms with Gasteiger partial charge in [0.2, 0.25) is 5.95 Å². The van der Waals surface area contributed by atoms with Crippen molar-refractivity contribution in [3.63, 3.8) is 0 Å². The number of aromatic nitrogens is 3. The molecule has 0 aliphatic rings. The molecule has 0 unspecified atom stereocenters. The van der Waals surface area contributed by atoms with Gasteiger partial charge in [0.1, 0.15) is 6.20 Å². The Labute approximate surface area is 155 Å². The fourth-order valence-corrected chi connectivity index (χ4v) is 2.34. The van der Waals surface area contributed by atoms with E-state index in [4.69, 9.17) is 9.47 Å². The summed E-state index contributed by atoms with van der Waals surface area (Å²) in [6.45, 7) is 0.551. The van der Waals surface area contributed by atoms with Gasteiger partial charge in [-0.2, -0.15) is 5.10 Å². The third-order valence-corrected chi connectivity index (χ3v) is 3.64. The van der Waals surface area contributed by atoms with Crippen LogP contribution in [0.2, 0.25) is 0 Å². The Balaban J connectivity index is 1.59. The molecule has 0 atom stereocenters. The van der Waals surface area contributed by atoms with Crippen molar-refractivity contribution >= 4 is 12.2 Å². The summed E-state index contributed by atoms with van der Waals surface area (Å²) < 4.78 is 11.2. The molecule has 8 nitrogen and oxygen atoms in total. The van der Waals surface area contributed by atoms with Crippen LogP contribution in [0.3, 0.4) is 0 Å². The van der Waals surface area contributed by atoms with E-state index >= 15 is 0 Å². The summed E-state index contributed by atoms with van der Waals surface area (Å²) in [5, 5.41) is 11.3. The molecule has 2 aromatic carbocycles. The zero-order chi connectivity index (χ0) is 18.9. The Kier molecular flexibility index (Phi) is 6.13. The van der Waals surface area contributed by atoms with Crippen molar-refractivity contribution < 1.29 is 9.47 Å². The number of ether oxygens (including phenoxy) is 2. The maximum atomic E-state index is 11.1. The van der Waals surface area contributed by atoms with Gasteiger partial charge in [-0.25, -0.2) is 5.43 Å². The second kappa shape index (κ2) is 9.14. The summed E-state index contributed by atoms with van der Waals surface area (Å²) in [5.74, 6) is 1.43. The molecule has 0 saturated carbocycles. The van der Waals surface area contributed by atoms with E-state index < -0.39 is 0 Å². The van der Waals surface area contributed by atoms with E-state index in [1.54, 1.807) is 13.3 Å². The summed E-state index contributed by atoms with van der Waals surface area (Å²) in [7, 11) is 1.59. The minimum absolute atomic E-state index is 0.159. The van der Waals surface area contributed by atoms with Gasteiger partial charge in [-0.15, -0.1) is 10.2 Å². The van der Waals surface area contributed by atoms with Crippen molar-refractivity contribution in [3.8, 4) is 11.5 Å². The fraction of sp³-hybridized carbons (Fsp3) is 0.158. The van der Waals surface area contributed by atoms with E-state index in [1.807, 2.05) is 36.4 Å². The second-order valence-corrected chi connectivity index (χ2v) is 5.55. The van der Waals surface area contributed by atoms with E-state index in [2.05, 4.69) is 37.8 Å². The monoisotopic (exact) mass is 365 g/mol. The summed E-state index contributed by atoms with van der Waals surface area (Å²) in [6, 6.07) is 15.6. The van der Waals surface area contributed by atoms with Crippen molar-refractivity contribution in [1.29, 1.82) is 0 Å². The second-order valence-electron chi connectivity index (χ2n) is 5.55. The highest BCUT2D eigenvalue weighted by atomic mass is 16.5. The number of H-pyrrole nitrogens is 1. The lowest BCUT2D eigenvalue weighted by Gasteiger charge is -2.11. The van der Waals surface area contributed by atoms with E-state index in [0.717, 1.165) is 18.2 Å². The lowest BCUT2D eigenvalue weighted by atomic mass is 10.2. The van der Waals surface area contributed by atoms with E-state index in [9.17, 15) is 4.79 Å². The molecular weight excluding hydrogens is 346 g/mol. The number of benzene rings is 2. The van der Waals surface area contributed by atoms with Gasteiger partial charge in [-0.3, -0.25) is 9.78 Å². The number of rotatable bonds is 8. The van der Waals surface area contributed by atoms with Crippen molar-refractivity contribution in [2.24, 2.45) is 5.10 Å². The van der Waals surface area contributed by atoms with Crippen LogP contribution in [0.1, 0.15) is 11.1 Å². The van der Waals surface area contributed by atoms with Gasteiger partial charge >= 0.3 is 0 Å². The predicted octanol–water partition coefficient (Wildman–Crippen LogP) is 2.24. The van der Waals surface area contributed by atoms with Gasteiger partial charge in [0, 0.05) is 6.42 Å². The van der Waals surface area contributed by atoms with Gasteiger partial charge in [-0.05, 0) is 29.3 Å². The predicted molar refractivity (Wildman–Crippen MR) is 103 cm³/mol. The van der Waals surface area contributed by atoms with Crippen LogP contribution < -0.4 is 20.5 Å². The molecular formula is C19H19N5O3. The summed E-state index contributed by atoms with van der Waals surface area (Å²) in [5.41, 5.74) is 4.26. The van der Waals surface area contributed by atoms with Gasteiger partial charge < -0.3 is 9.47 Å². The number of hydrogen-bond acceptors (Lipinski definition) is 7. The van der Waals surface area contributed by atoms with E-state index in [1.165, 1.54) is 5.56 Å². The normalized spacial score (nSPS) is 10.7. The van der Waals surface area contributed by atoms with Crippen LogP contribution in [0, 0.1) is 0 Å². The lowest BCUT2D eigenvalue weighted by molar-refractivity contribution is 0.297. The number of nitrogens with zero attached hydrogens (tertiary/aromatic N) is 3. The smallest absolute Gasteiger partial charge is 0.271 e. The minimum atomic E-state index is -0.360. The first-order valence-electron chi connectivity index (χ1n) is 8.30. The molecule has 138 valence electrons. The quantitative estimate of drug-likeness (QED) is 0.469. The van der Waals surface area contributed by atoms with Crippen LogP contribution in [0.4, 0.5) is 5.95 Å². The SMILES string of the molecule is COc1cc(/C=N/Nc2nncc(=O)[nH]2)ccc1OCCc1ccccc1. The Bertz CT molecular complexity index is 957. The molecule has 1 heterocycles. The van der Waals surface area contributed by atoms with Gasteiger partial charge in [0.05, 0.1) is 19.9 Å².